The van der Waals surface area contributed by atoms with E-state index in [9.17, 15) is 14.3 Å². The fourth-order valence-electron chi connectivity index (χ4n) is 6.00. The van der Waals surface area contributed by atoms with Crippen LogP contribution in [0.15, 0.2) is 24.3 Å². The van der Waals surface area contributed by atoms with Crippen LogP contribution in [0.4, 0.5) is 4.39 Å². The molecule has 7 unspecified atom stereocenters. The molecule has 122 valence electrons. The Bertz CT molecular complexity index is 645. The summed E-state index contributed by atoms with van der Waals surface area (Å²) < 4.78 is 13.1. The van der Waals surface area contributed by atoms with Crippen molar-refractivity contribution in [2.24, 2.45) is 29.6 Å². The molecule has 3 nitrogen and oxygen atoms in total. The number of benzene rings is 1. The lowest BCUT2D eigenvalue weighted by Crippen LogP contribution is -2.63. The number of aliphatic hydroxyl groups is 1. The van der Waals surface area contributed by atoms with Crippen LogP contribution in [0, 0.1) is 35.4 Å². The lowest BCUT2D eigenvalue weighted by molar-refractivity contribution is -0.164. The molecule has 0 aromatic heterocycles. The van der Waals surface area contributed by atoms with Gasteiger partial charge in [-0.25, -0.2) is 4.39 Å². The van der Waals surface area contributed by atoms with E-state index in [1.807, 2.05) is 4.90 Å². The minimum atomic E-state index is -0.466. The molecule has 2 bridgehead atoms. The Morgan fingerprint density at radius 1 is 1.09 bits per heavy atom. The van der Waals surface area contributed by atoms with Crippen molar-refractivity contribution in [3.63, 3.8) is 0 Å². The number of hydrogen-bond acceptors (Lipinski definition) is 2. The third kappa shape index (κ3) is 2.00. The summed E-state index contributed by atoms with van der Waals surface area (Å²) in [7, 11) is 0. The van der Waals surface area contributed by atoms with Gasteiger partial charge in [0.2, 0.25) is 5.91 Å². The Hall–Kier alpha value is -1.42. The summed E-state index contributed by atoms with van der Waals surface area (Å²) in [5.74, 6) is 2.84. The molecule has 5 aliphatic rings. The van der Waals surface area contributed by atoms with Crippen molar-refractivity contribution in [2.45, 2.75) is 44.4 Å². The van der Waals surface area contributed by atoms with E-state index in [0.717, 1.165) is 17.4 Å². The van der Waals surface area contributed by atoms with Gasteiger partial charge in [0.25, 0.3) is 0 Å². The van der Waals surface area contributed by atoms with Crippen molar-refractivity contribution in [2.75, 3.05) is 0 Å². The van der Waals surface area contributed by atoms with Gasteiger partial charge in [0, 0.05) is 18.5 Å². The van der Waals surface area contributed by atoms with Crippen LogP contribution >= 0.6 is 0 Å². The van der Waals surface area contributed by atoms with Gasteiger partial charge >= 0.3 is 0 Å². The number of amides is 1. The molecule has 4 heteroatoms. The molecule has 1 aromatic rings. The van der Waals surface area contributed by atoms with E-state index in [0.29, 0.717) is 18.4 Å². The topological polar surface area (TPSA) is 40.5 Å². The van der Waals surface area contributed by atoms with Gasteiger partial charge in [-0.15, -0.1) is 0 Å². The van der Waals surface area contributed by atoms with Gasteiger partial charge in [0.05, 0.1) is 12.5 Å². The molecule has 0 spiro atoms. The van der Waals surface area contributed by atoms with E-state index in [4.69, 9.17) is 0 Å². The van der Waals surface area contributed by atoms with Gasteiger partial charge in [-0.3, -0.25) is 4.79 Å². The van der Waals surface area contributed by atoms with E-state index >= 15 is 0 Å². The normalized spacial score (nSPS) is 44.0. The van der Waals surface area contributed by atoms with Crippen LogP contribution in [-0.2, 0) is 11.3 Å². The minimum Gasteiger partial charge on any atom is -0.392 e. The smallest absolute Gasteiger partial charge is 0.225 e. The fraction of sp³-hybridized carbons (Fsp3) is 0.632. The second-order valence-corrected chi connectivity index (χ2v) is 7.96. The summed E-state index contributed by atoms with van der Waals surface area (Å²) in [6, 6.07) is 6.65. The van der Waals surface area contributed by atoms with E-state index in [2.05, 4.69) is 0 Å². The number of hydrogen-bond donors (Lipinski definition) is 1. The molecule has 1 amide bonds. The molecule has 1 aromatic carbocycles. The average molecular weight is 315 g/mol. The standard InChI is InChI=1S/C19H22FNO2/c20-11-3-1-10(2-4-11)9-21-17(23)8-16(22)18-12-5-6-13(19(18)21)15-7-14(12)15/h1-4,12-16,18-19,22H,5-9H2. The van der Waals surface area contributed by atoms with E-state index in [1.165, 1.54) is 31.4 Å². The van der Waals surface area contributed by atoms with Crippen LogP contribution in [0.5, 0.6) is 0 Å². The largest absolute Gasteiger partial charge is 0.392 e. The Balaban J connectivity index is 1.47. The molecule has 1 N–H and O–H groups in total. The summed E-state index contributed by atoms with van der Waals surface area (Å²) >= 11 is 0. The zero-order valence-electron chi connectivity index (χ0n) is 13.1. The predicted molar refractivity (Wildman–Crippen MR) is 82.7 cm³/mol. The second kappa shape index (κ2) is 4.79. The first-order chi connectivity index (χ1) is 11.1. The van der Waals surface area contributed by atoms with Crippen molar-refractivity contribution >= 4 is 5.91 Å². The maximum absolute atomic E-state index is 13.1. The number of fused-ring (bicyclic) bond motifs is 1. The van der Waals surface area contributed by atoms with Crippen LogP contribution in [0.2, 0.25) is 0 Å². The number of piperidine rings is 1. The van der Waals surface area contributed by atoms with Crippen molar-refractivity contribution in [3.05, 3.63) is 35.6 Å². The van der Waals surface area contributed by atoms with Crippen molar-refractivity contribution < 1.29 is 14.3 Å². The average Bonchev–Trinajstić information content (AvgIpc) is 3.35. The zero-order chi connectivity index (χ0) is 15.7. The third-order valence-corrected chi connectivity index (χ3v) is 6.93. The molecule has 0 radical (unpaired) electrons. The second-order valence-electron chi connectivity index (χ2n) is 7.96. The number of aliphatic hydroxyl groups excluding tert-OH is 1. The SMILES string of the molecule is O=C1CC(O)C2C3CCC(C4CC43)C2N1Cc1ccc(F)cc1. The monoisotopic (exact) mass is 315 g/mol. The molecule has 4 saturated carbocycles. The molecule has 1 heterocycles. The molecular formula is C19H22FNO2. The van der Waals surface area contributed by atoms with Gasteiger partial charge in [-0.05, 0) is 60.6 Å². The summed E-state index contributed by atoms with van der Waals surface area (Å²) in [4.78, 5) is 14.6. The zero-order valence-corrected chi connectivity index (χ0v) is 13.1. The molecule has 23 heavy (non-hydrogen) atoms. The number of nitrogens with zero attached hydrogens (tertiary/aromatic N) is 1. The van der Waals surface area contributed by atoms with Crippen LogP contribution in [0.25, 0.3) is 0 Å². The highest BCUT2D eigenvalue weighted by atomic mass is 19.1. The van der Waals surface area contributed by atoms with Crippen LogP contribution in [0.3, 0.4) is 0 Å². The minimum absolute atomic E-state index is 0.0628. The number of carbonyl (C=O) groups is 1. The molecule has 1 saturated heterocycles. The van der Waals surface area contributed by atoms with Gasteiger partial charge in [0.15, 0.2) is 0 Å². The lowest BCUT2D eigenvalue weighted by Gasteiger charge is -2.56. The number of likely N-dealkylation sites (tertiary alicyclic amines) is 1. The van der Waals surface area contributed by atoms with Crippen LogP contribution in [0.1, 0.15) is 31.2 Å². The maximum atomic E-state index is 13.1. The Kier molecular flexibility index (Phi) is 2.91. The highest BCUT2D eigenvalue weighted by Crippen LogP contribution is 2.66. The summed E-state index contributed by atoms with van der Waals surface area (Å²) in [5.41, 5.74) is 0.976. The predicted octanol–water partition coefficient (Wildman–Crippen LogP) is 2.58. The fourth-order valence-corrected chi connectivity index (χ4v) is 6.00. The summed E-state index contributed by atoms with van der Waals surface area (Å²) in [5, 5.41) is 10.6. The van der Waals surface area contributed by atoms with E-state index in [1.54, 1.807) is 12.1 Å². The van der Waals surface area contributed by atoms with Crippen LogP contribution < -0.4 is 0 Å². The molecule has 1 aliphatic heterocycles. The van der Waals surface area contributed by atoms with E-state index < -0.39 is 6.10 Å². The molecule has 5 fully saturated rings. The first-order valence-corrected chi connectivity index (χ1v) is 8.85. The summed E-state index contributed by atoms with van der Waals surface area (Å²) in [6.07, 6.45) is 3.51. The summed E-state index contributed by atoms with van der Waals surface area (Å²) in [6.45, 7) is 0.549. The number of halogens is 1. The van der Waals surface area contributed by atoms with Crippen molar-refractivity contribution in [3.8, 4) is 0 Å². The number of rotatable bonds is 2. The Morgan fingerprint density at radius 3 is 2.57 bits per heavy atom. The highest BCUT2D eigenvalue weighted by molar-refractivity contribution is 5.78. The maximum Gasteiger partial charge on any atom is 0.225 e. The highest BCUT2D eigenvalue weighted by Gasteiger charge is 2.65. The quantitative estimate of drug-likeness (QED) is 0.911. The van der Waals surface area contributed by atoms with Gasteiger partial charge in [-0.1, -0.05) is 12.1 Å². The molecule has 6 rings (SSSR count). The molecule has 7 atom stereocenters. The van der Waals surface area contributed by atoms with Crippen LogP contribution in [-0.4, -0.2) is 28.1 Å². The van der Waals surface area contributed by atoms with Crippen molar-refractivity contribution in [1.29, 1.82) is 0 Å². The first-order valence-electron chi connectivity index (χ1n) is 8.85. The Labute approximate surface area is 135 Å². The van der Waals surface area contributed by atoms with Gasteiger partial charge in [-0.2, -0.15) is 0 Å². The molecular weight excluding hydrogens is 293 g/mol. The van der Waals surface area contributed by atoms with E-state index in [-0.39, 0.29) is 30.1 Å². The molecule has 4 aliphatic carbocycles. The lowest BCUT2D eigenvalue weighted by atomic mass is 9.58. The van der Waals surface area contributed by atoms with Crippen molar-refractivity contribution in [1.82, 2.24) is 4.90 Å². The third-order valence-electron chi connectivity index (χ3n) is 6.93. The number of carbonyl (C=O) groups excluding carboxylic acids is 1. The first kappa shape index (κ1) is 14.0. The van der Waals surface area contributed by atoms with Gasteiger partial charge in [0.1, 0.15) is 5.82 Å². The Morgan fingerprint density at radius 2 is 1.78 bits per heavy atom. The van der Waals surface area contributed by atoms with Gasteiger partial charge < -0.3 is 10.0 Å².